The van der Waals surface area contributed by atoms with E-state index in [1.165, 1.54) is 30.4 Å². The van der Waals surface area contributed by atoms with Gasteiger partial charge in [0.15, 0.2) is 0 Å². The van der Waals surface area contributed by atoms with Gasteiger partial charge in [0.05, 0.1) is 18.6 Å². The minimum Gasteiger partial charge on any atom is -0.481 e. The van der Waals surface area contributed by atoms with Crippen molar-refractivity contribution < 1.29 is 14.6 Å². The molecule has 21 heavy (non-hydrogen) atoms. The largest absolute Gasteiger partial charge is 0.481 e. The van der Waals surface area contributed by atoms with E-state index in [9.17, 15) is 4.79 Å². The van der Waals surface area contributed by atoms with Crippen LogP contribution >= 0.6 is 0 Å². The summed E-state index contributed by atoms with van der Waals surface area (Å²) in [6, 6.07) is 8.62. The Hall–Kier alpha value is -1.39. The molecule has 2 aliphatic rings. The molecule has 1 aliphatic heterocycles. The molecule has 1 saturated heterocycles. The number of hydrogen-bond donors (Lipinski definition) is 2. The van der Waals surface area contributed by atoms with Crippen molar-refractivity contribution in [3.05, 3.63) is 35.4 Å². The van der Waals surface area contributed by atoms with E-state index in [0.717, 1.165) is 6.54 Å². The lowest BCUT2D eigenvalue weighted by atomic mass is 9.83. The SMILES string of the molecule is O=C(O)C1CNCC(OCC2CCCc3ccccc32)C1. The maximum atomic E-state index is 11.1. The number of aliphatic carboxylic acids is 1. The molecule has 4 nitrogen and oxygen atoms in total. The lowest BCUT2D eigenvalue weighted by Gasteiger charge is -2.31. The highest BCUT2D eigenvalue weighted by Crippen LogP contribution is 2.32. The van der Waals surface area contributed by atoms with Crippen molar-refractivity contribution in [2.24, 2.45) is 5.92 Å². The van der Waals surface area contributed by atoms with Crippen molar-refractivity contribution in [3.8, 4) is 0 Å². The lowest BCUT2D eigenvalue weighted by molar-refractivity contribution is -0.144. The fourth-order valence-corrected chi connectivity index (χ4v) is 3.50. The molecular weight excluding hydrogens is 266 g/mol. The number of carboxylic acid groups (broad SMARTS) is 1. The van der Waals surface area contributed by atoms with E-state index in [-0.39, 0.29) is 12.0 Å². The lowest BCUT2D eigenvalue weighted by Crippen LogP contribution is -2.44. The molecule has 4 heteroatoms. The van der Waals surface area contributed by atoms with Crippen LogP contribution in [0.5, 0.6) is 0 Å². The summed E-state index contributed by atoms with van der Waals surface area (Å²) in [4.78, 5) is 11.1. The maximum Gasteiger partial charge on any atom is 0.307 e. The van der Waals surface area contributed by atoms with Gasteiger partial charge in [0.1, 0.15) is 0 Å². The molecule has 3 rings (SSSR count). The molecule has 0 aromatic heterocycles. The summed E-state index contributed by atoms with van der Waals surface area (Å²) in [6.45, 7) is 2.02. The standard InChI is InChI=1S/C17H23NO3/c19-17(20)14-8-15(10-18-9-14)21-11-13-6-3-5-12-4-1-2-7-16(12)13/h1-2,4,7,13-15,18H,3,5-6,8-11H2,(H,19,20). The number of piperidine rings is 1. The molecule has 2 N–H and O–H groups in total. The number of ether oxygens (including phenoxy) is 1. The molecule has 0 spiro atoms. The molecule has 3 atom stereocenters. The van der Waals surface area contributed by atoms with Crippen LogP contribution in [0.25, 0.3) is 0 Å². The van der Waals surface area contributed by atoms with Crippen LogP contribution in [0, 0.1) is 5.92 Å². The van der Waals surface area contributed by atoms with E-state index < -0.39 is 5.97 Å². The molecule has 0 amide bonds. The summed E-state index contributed by atoms with van der Waals surface area (Å²) in [7, 11) is 0. The van der Waals surface area contributed by atoms with E-state index in [1.807, 2.05) is 0 Å². The second-order valence-electron chi connectivity index (χ2n) is 6.17. The van der Waals surface area contributed by atoms with Gasteiger partial charge in [-0.2, -0.15) is 0 Å². The van der Waals surface area contributed by atoms with E-state index in [2.05, 4.69) is 29.6 Å². The van der Waals surface area contributed by atoms with Crippen LogP contribution < -0.4 is 5.32 Å². The number of carbonyl (C=O) groups is 1. The molecule has 0 saturated carbocycles. The molecule has 0 bridgehead atoms. The number of rotatable bonds is 4. The van der Waals surface area contributed by atoms with Gasteiger partial charge in [-0.15, -0.1) is 0 Å². The average Bonchev–Trinajstić information content (AvgIpc) is 2.53. The smallest absolute Gasteiger partial charge is 0.307 e. The van der Waals surface area contributed by atoms with Crippen LogP contribution in [0.2, 0.25) is 0 Å². The van der Waals surface area contributed by atoms with Crippen molar-refractivity contribution in [2.75, 3.05) is 19.7 Å². The monoisotopic (exact) mass is 289 g/mol. The van der Waals surface area contributed by atoms with Crippen LogP contribution in [-0.2, 0) is 16.0 Å². The van der Waals surface area contributed by atoms with Crippen molar-refractivity contribution in [2.45, 2.75) is 37.7 Å². The highest BCUT2D eigenvalue weighted by atomic mass is 16.5. The predicted molar refractivity (Wildman–Crippen MR) is 80.5 cm³/mol. The predicted octanol–water partition coefficient (Wildman–Crippen LogP) is 2.19. The fraction of sp³-hybridized carbons (Fsp3) is 0.588. The van der Waals surface area contributed by atoms with Gasteiger partial charge >= 0.3 is 5.97 Å². The molecule has 0 radical (unpaired) electrons. The van der Waals surface area contributed by atoms with Crippen LogP contribution in [-0.4, -0.2) is 36.9 Å². The number of carboxylic acids is 1. The van der Waals surface area contributed by atoms with Gasteiger partial charge in [-0.25, -0.2) is 0 Å². The van der Waals surface area contributed by atoms with Crippen molar-refractivity contribution in [3.63, 3.8) is 0 Å². The van der Waals surface area contributed by atoms with Crippen LogP contribution in [0.15, 0.2) is 24.3 Å². The number of fused-ring (bicyclic) bond motifs is 1. The zero-order chi connectivity index (χ0) is 14.7. The summed E-state index contributed by atoms with van der Waals surface area (Å²) in [5, 5.41) is 12.3. The van der Waals surface area contributed by atoms with Gasteiger partial charge in [-0.1, -0.05) is 24.3 Å². The van der Waals surface area contributed by atoms with E-state index in [1.54, 1.807) is 0 Å². The highest BCUT2D eigenvalue weighted by molar-refractivity contribution is 5.70. The Morgan fingerprint density at radius 2 is 2.19 bits per heavy atom. The Bertz CT molecular complexity index is 503. The quantitative estimate of drug-likeness (QED) is 0.892. The highest BCUT2D eigenvalue weighted by Gasteiger charge is 2.28. The molecule has 114 valence electrons. The number of hydrogen-bond acceptors (Lipinski definition) is 3. The van der Waals surface area contributed by atoms with E-state index in [0.29, 0.717) is 25.5 Å². The van der Waals surface area contributed by atoms with Crippen molar-refractivity contribution >= 4 is 5.97 Å². The number of nitrogens with one attached hydrogen (secondary N) is 1. The molecule has 1 aliphatic carbocycles. The summed E-state index contributed by atoms with van der Waals surface area (Å²) >= 11 is 0. The normalized spacial score (nSPS) is 28.9. The Morgan fingerprint density at radius 1 is 1.33 bits per heavy atom. The Balaban J connectivity index is 1.57. The van der Waals surface area contributed by atoms with E-state index >= 15 is 0 Å². The zero-order valence-electron chi connectivity index (χ0n) is 12.3. The summed E-state index contributed by atoms with van der Waals surface area (Å²) < 4.78 is 6.03. The van der Waals surface area contributed by atoms with Crippen molar-refractivity contribution in [1.82, 2.24) is 5.32 Å². The van der Waals surface area contributed by atoms with Gasteiger partial charge in [0, 0.05) is 19.0 Å². The Morgan fingerprint density at radius 3 is 3.05 bits per heavy atom. The van der Waals surface area contributed by atoms with Gasteiger partial charge < -0.3 is 15.2 Å². The van der Waals surface area contributed by atoms with E-state index in [4.69, 9.17) is 9.84 Å². The second-order valence-corrected chi connectivity index (χ2v) is 6.17. The summed E-state index contributed by atoms with van der Waals surface area (Å²) in [6.07, 6.45) is 4.19. The first kappa shape index (κ1) is 14.5. The van der Waals surface area contributed by atoms with Crippen molar-refractivity contribution in [1.29, 1.82) is 0 Å². The number of benzene rings is 1. The van der Waals surface area contributed by atoms with Gasteiger partial charge in [-0.05, 0) is 36.8 Å². The van der Waals surface area contributed by atoms with Gasteiger partial charge in [-0.3, -0.25) is 4.79 Å². The fourth-order valence-electron chi connectivity index (χ4n) is 3.50. The first-order valence-corrected chi connectivity index (χ1v) is 7.87. The van der Waals surface area contributed by atoms with Crippen LogP contribution in [0.4, 0.5) is 0 Å². The third-order valence-corrected chi connectivity index (χ3v) is 4.69. The second kappa shape index (κ2) is 6.58. The first-order chi connectivity index (χ1) is 10.2. The topological polar surface area (TPSA) is 58.6 Å². The maximum absolute atomic E-state index is 11.1. The van der Waals surface area contributed by atoms with Gasteiger partial charge in [0.25, 0.3) is 0 Å². The Kier molecular flexibility index (Phi) is 4.56. The number of aryl methyl sites for hydroxylation is 1. The molecule has 1 aromatic rings. The average molecular weight is 289 g/mol. The minimum absolute atomic E-state index is 0.0222. The third kappa shape index (κ3) is 3.44. The van der Waals surface area contributed by atoms with Crippen LogP contribution in [0.1, 0.15) is 36.3 Å². The Labute approximate surface area is 125 Å². The summed E-state index contributed by atoms with van der Waals surface area (Å²) in [5.41, 5.74) is 2.87. The molecular formula is C17H23NO3. The third-order valence-electron chi connectivity index (χ3n) is 4.69. The summed E-state index contributed by atoms with van der Waals surface area (Å²) in [5.74, 6) is -0.582. The molecule has 3 unspecified atom stereocenters. The minimum atomic E-state index is -0.723. The zero-order valence-corrected chi connectivity index (χ0v) is 12.3. The first-order valence-electron chi connectivity index (χ1n) is 7.87. The molecule has 1 aromatic carbocycles. The van der Waals surface area contributed by atoms with Gasteiger partial charge in [0.2, 0.25) is 0 Å². The molecule has 1 fully saturated rings. The van der Waals surface area contributed by atoms with Crippen LogP contribution in [0.3, 0.4) is 0 Å². The molecule has 1 heterocycles.